The minimum atomic E-state index is -4.55. The van der Waals surface area contributed by atoms with Crippen LogP contribution in [0.2, 0.25) is 0 Å². The van der Waals surface area contributed by atoms with Crippen LogP contribution in [0.15, 0.2) is 30.5 Å². The molecule has 2 fully saturated rings. The number of nitrogens with one attached hydrogen (secondary N) is 2. The number of carbonyl (C=O) groups is 2. The van der Waals surface area contributed by atoms with Crippen LogP contribution in [0.4, 0.5) is 30.6 Å². The molecule has 1 aliphatic heterocycles. The lowest BCUT2D eigenvalue weighted by Crippen LogP contribution is -2.44. The van der Waals surface area contributed by atoms with Crippen LogP contribution in [0, 0.1) is 5.92 Å². The minimum Gasteiger partial charge on any atom is -0.366 e. The number of piperidine rings is 1. The quantitative estimate of drug-likeness (QED) is 0.484. The van der Waals surface area contributed by atoms with Crippen LogP contribution in [0.25, 0.3) is 0 Å². The van der Waals surface area contributed by atoms with Gasteiger partial charge < -0.3 is 31.0 Å². The van der Waals surface area contributed by atoms with Gasteiger partial charge in [0, 0.05) is 36.6 Å². The maximum absolute atomic E-state index is 13.5. The van der Waals surface area contributed by atoms with Gasteiger partial charge in [-0.15, -0.1) is 0 Å². The summed E-state index contributed by atoms with van der Waals surface area (Å²) in [5.74, 6) is 0.0863. The van der Waals surface area contributed by atoms with Crippen LogP contribution in [0.3, 0.4) is 0 Å². The molecule has 1 aromatic heterocycles. The first-order chi connectivity index (χ1) is 18.6. The normalized spacial score (nSPS) is 19.7. The molecule has 1 unspecified atom stereocenters. The number of nitrogens with zero attached hydrogens (tertiary/aromatic N) is 4. The van der Waals surface area contributed by atoms with Gasteiger partial charge >= 0.3 is 6.18 Å². The molecule has 1 aliphatic carbocycles. The van der Waals surface area contributed by atoms with Crippen molar-refractivity contribution in [3.8, 4) is 0 Å². The summed E-state index contributed by atoms with van der Waals surface area (Å²) in [6.07, 6.45) is 0.921. The highest BCUT2D eigenvalue weighted by Gasteiger charge is 2.36. The third kappa shape index (κ3) is 8.62. The van der Waals surface area contributed by atoms with E-state index in [2.05, 4.69) is 38.3 Å². The van der Waals surface area contributed by atoms with Crippen molar-refractivity contribution in [3.63, 3.8) is 0 Å². The van der Waals surface area contributed by atoms with Gasteiger partial charge in [0.15, 0.2) is 0 Å². The van der Waals surface area contributed by atoms with E-state index in [0.717, 1.165) is 51.4 Å². The molecule has 39 heavy (non-hydrogen) atoms. The van der Waals surface area contributed by atoms with E-state index in [1.54, 1.807) is 29.2 Å². The molecule has 1 saturated carbocycles. The number of amides is 1. The first-order valence-corrected chi connectivity index (χ1v) is 13.0. The maximum atomic E-state index is 13.5. The van der Waals surface area contributed by atoms with Crippen molar-refractivity contribution in [1.29, 1.82) is 0 Å². The highest BCUT2D eigenvalue weighted by Crippen LogP contribution is 2.36. The molecular formula is C27H40F3N7O2. The highest BCUT2D eigenvalue weighted by molar-refractivity contribution is 5.94. The lowest BCUT2D eigenvalue weighted by Gasteiger charge is -2.35. The van der Waals surface area contributed by atoms with Crippen molar-refractivity contribution in [2.45, 2.75) is 57.3 Å². The predicted octanol–water partition coefficient (Wildman–Crippen LogP) is 4.40. The Bertz CT molecular complexity index is 1040. The van der Waals surface area contributed by atoms with Crippen LogP contribution in [0.1, 0.15) is 54.9 Å². The van der Waals surface area contributed by atoms with Crippen LogP contribution in [-0.2, 0) is 11.0 Å². The SMILES string of the molecule is C=O.CN.C[C@H]1CCCC1Nc1nc(Nc2ccc(C(=O)N(C)C3CCN(C)CC3)cc2)ncc1C(F)(F)F. The number of carbonyl (C=O) groups excluding carboxylic acids is 2. The molecule has 2 aromatic rings. The second-order valence-corrected chi connectivity index (χ2v) is 9.77. The van der Waals surface area contributed by atoms with E-state index in [-0.39, 0.29) is 35.7 Å². The Morgan fingerprint density at radius 3 is 2.26 bits per heavy atom. The van der Waals surface area contributed by atoms with Gasteiger partial charge in [0.25, 0.3) is 5.91 Å². The molecule has 2 atom stereocenters. The van der Waals surface area contributed by atoms with Gasteiger partial charge in [-0.3, -0.25) is 4.79 Å². The summed E-state index contributed by atoms with van der Waals surface area (Å²) in [4.78, 5) is 33.0. The van der Waals surface area contributed by atoms with Gasteiger partial charge in [-0.1, -0.05) is 13.3 Å². The molecule has 12 heteroatoms. The fourth-order valence-corrected chi connectivity index (χ4v) is 4.87. The molecule has 2 aliphatic rings. The van der Waals surface area contributed by atoms with Gasteiger partial charge in [0.05, 0.1) is 0 Å². The summed E-state index contributed by atoms with van der Waals surface area (Å²) >= 11 is 0. The van der Waals surface area contributed by atoms with E-state index < -0.39 is 11.7 Å². The van der Waals surface area contributed by atoms with Crippen molar-refractivity contribution in [2.75, 3.05) is 44.9 Å². The predicted molar refractivity (Wildman–Crippen MR) is 147 cm³/mol. The molecule has 9 nitrogen and oxygen atoms in total. The highest BCUT2D eigenvalue weighted by atomic mass is 19.4. The smallest absolute Gasteiger partial charge is 0.366 e. The molecule has 1 saturated heterocycles. The van der Waals surface area contributed by atoms with Crippen LogP contribution < -0.4 is 16.4 Å². The van der Waals surface area contributed by atoms with Gasteiger partial charge in [-0.25, -0.2) is 4.98 Å². The van der Waals surface area contributed by atoms with Crippen molar-refractivity contribution < 1.29 is 22.8 Å². The Kier molecular flexibility index (Phi) is 12.1. The summed E-state index contributed by atoms with van der Waals surface area (Å²) in [6, 6.07) is 7.00. The zero-order valence-corrected chi connectivity index (χ0v) is 23.1. The number of benzene rings is 1. The average Bonchev–Trinajstić information content (AvgIpc) is 3.34. The first kappa shape index (κ1) is 32.0. The molecule has 4 N–H and O–H groups in total. The Hall–Kier alpha value is -3.25. The number of hydrogen-bond donors (Lipinski definition) is 3. The second-order valence-electron chi connectivity index (χ2n) is 9.77. The Morgan fingerprint density at radius 1 is 1.10 bits per heavy atom. The molecule has 2 heterocycles. The zero-order valence-electron chi connectivity index (χ0n) is 23.1. The zero-order chi connectivity index (χ0) is 29.2. The minimum absolute atomic E-state index is 0.0472. The number of nitrogens with two attached hydrogens (primary N) is 1. The van der Waals surface area contributed by atoms with E-state index in [1.807, 2.05) is 20.8 Å². The number of aromatic nitrogens is 2. The van der Waals surface area contributed by atoms with E-state index >= 15 is 0 Å². The van der Waals surface area contributed by atoms with Gasteiger partial charge in [0.2, 0.25) is 5.95 Å². The van der Waals surface area contributed by atoms with Crippen molar-refractivity contribution in [3.05, 3.63) is 41.6 Å². The molecule has 1 aromatic carbocycles. The number of halogens is 3. The topological polar surface area (TPSA) is 116 Å². The molecule has 1 amide bonds. The number of likely N-dealkylation sites (tertiary alicyclic amines) is 1. The monoisotopic (exact) mass is 551 g/mol. The van der Waals surface area contributed by atoms with Crippen LogP contribution in [-0.4, -0.2) is 78.8 Å². The molecule has 0 spiro atoms. The number of rotatable bonds is 6. The first-order valence-electron chi connectivity index (χ1n) is 13.0. The van der Waals surface area contributed by atoms with Crippen LogP contribution >= 0.6 is 0 Å². The molecular weight excluding hydrogens is 511 g/mol. The summed E-state index contributed by atoms with van der Waals surface area (Å²) in [5, 5.41) is 5.96. The van der Waals surface area contributed by atoms with Gasteiger partial charge in [-0.05, 0) is 83.1 Å². The van der Waals surface area contributed by atoms with Crippen LogP contribution in [0.5, 0.6) is 0 Å². The standard InChI is InChI=1S/C25H33F3N6O.CH5N.CH2O/c1-16-5-4-6-21(16)31-22-20(25(26,27)28)15-29-24(32-22)30-18-9-7-17(8-10-18)23(35)34(3)19-11-13-33(2)14-12-19;2*1-2/h7-10,15-16,19,21H,4-6,11-14H2,1-3H3,(H2,29,30,31,32);2H2,1H3;1H2/t16-,21?;;/m0../s1. The van der Waals surface area contributed by atoms with Crippen molar-refractivity contribution in [1.82, 2.24) is 19.8 Å². The molecule has 0 bridgehead atoms. The van der Waals surface area contributed by atoms with Crippen molar-refractivity contribution in [2.24, 2.45) is 11.7 Å². The summed E-state index contributed by atoms with van der Waals surface area (Å²) in [7, 11) is 5.42. The largest absolute Gasteiger partial charge is 0.421 e. The summed E-state index contributed by atoms with van der Waals surface area (Å²) in [6.45, 7) is 5.97. The van der Waals surface area contributed by atoms with Crippen molar-refractivity contribution >= 4 is 30.1 Å². The molecule has 216 valence electrons. The fraction of sp³-hybridized carbons (Fsp3) is 0.556. The van der Waals surface area contributed by atoms with E-state index in [4.69, 9.17) is 4.79 Å². The lowest BCUT2D eigenvalue weighted by atomic mass is 10.0. The van der Waals surface area contributed by atoms with E-state index in [0.29, 0.717) is 11.3 Å². The Morgan fingerprint density at radius 2 is 1.72 bits per heavy atom. The summed E-state index contributed by atoms with van der Waals surface area (Å²) < 4.78 is 40.6. The summed E-state index contributed by atoms with van der Waals surface area (Å²) in [5.41, 5.74) is 4.77. The Balaban J connectivity index is 0.00000127. The number of alkyl halides is 3. The fourth-order valence-electron chi connectivity index (χ4n) is 4.87. The Labute approximate surface area is 228 Å². The molecule has 4 rings (SSSR count). The van der Waals surface area contributed by atoms with Gasteiger partial charge in [-0.2, -0.15) is 18.2 Å². The van der Waals surface area contributed by atoms with E-state index in [9.17, 15) is 18.0 Å². The third-order valence-electron chi connectivity index (χ3n) is 7.22. The second kappa shape index (κ2) is 14.8. The molecule has 0 radical (unpaired) electrons. The lowest BCUT2D eigenvalue weighted by molar-refractivity contribution is -0.137. The third-order valence-corrected chi connectivity index (χ3v) is 7.22. The average molecular weight is 552 g/mol. The maximum Gasteiger partial charge on any atom is 0.421 e. The number of hydrogen-bond acceptors (Lipinski definition) is 8. The number of anilines is 3. The van der Waals surface area contributed by atoms with E-state index in [1.165, 1.54) is 7.05 Å². The van der Waals surface area contributed by atoms with Gasteiger partial charge in [0.1, 0.15) is 18.2 Å².